The predicted molar refractivity (Wildman–Crippen MR) is 83.1 cm³/mol. The van der Waals surface area contributed by atoms with E-state index in [9.17, 15) is 13.6 Å². The summed E-state index contributed by atoms with van der Waals surface area (Å²) in [5, 5.41) is 13.6. The van der Waals surface area contributed by atoms with E-state index in [0.717, 1.165) is 11.4 Å². The van der Waals surface area contributed by atoms with E-state index in [4.69, 9.17) is 0 Å². The van der Waals surface area contributed by atoms with Gasteiger partial charge in [0.15, 0.2) is 0 Å². The number of nitrogens with one attached hydrogen (secondary N) is 2. The van der Waals surface area contributed by atoms with Crippen LogP contribution in [-0.4, -0.2) is 27.9 Å². The molecule has 1 aromatic heterocycles. The van der Waals surface area contributed by atoms with Gasteiger partial charge in [-0.05, 0) is 49.9 Å². The zero-order valence-electron chi connectivity index (χ0n) is 13.4. The van der Waals surface area contributed by atoms with Crippen LogP contribution in [-0.2, 0) is 17.6 Å². The Morgan fingerprint density at radius 1 is 1.29 bits per heavy atom. The number of aromatic nitrogens is 3. The van der Waals surface area contributed by atoms with Crippen molar-refractivity contribution in [1.29, 1.82) is 0 Å². The van der Waals surface area contributed by atoms with E-state index in [1.165, 1.54) is 6.07 Å². The molecule has 1 atom stereocenters. The molecule has 0 spiro atoms. The Hall–Kier alpha value is -2.51. The second-order valence-electron chi connectivity index (χ2n) is 5.96. The second-order valence-corrected chi connectivity index (χ2v) is 5.96. The highest BCUT2D eigenvalue weighted by Gasteiger charge is 2.27. The summed E-state index contributed by atoms with van der Waals surface area (Å²) < 4.78 is 29.2. The molecule has 0 saturated carbocycles. The van der Waals surface area contributed by atoms with Gasteiger partial charge in [0.25, 0.3) is 0 Å². The van der Waals surface area contributed by atoms with Crippen LogP contribution in [0.2, 0.25) is 0 Å². The van der Waals surface area contributed by atoms with Crippen molar-refractivity contribution in [2.45, 2.75) is 39.7 Å². The number of aromatic amines is 1. The van der Waals surface area contributed by atoms with E-state index >= 15 is 0 Å². The fraction of sp³-hybridized carbons (Fsp3) is 0.438. The Morgan fingerprint density at radius 3 is 2.79 bits per heavy atom. The molecule has 24 heavy (non-hydrogen) atoms. The lowest BCUT2D eigenvalue weighted by Gasteiger charge is -2.21. The van der Waals surface area contributed by atoms with Crippen LogP contribution in [0.3, 0.4) is 0 Å². The third kappa shape index (κ3) is 3.37. The molecule has 0 saturated heterocycles. The highest BCUT2D eigenvalue weighted by atomic mass is 19.3. The third-order valence-corrected chi connectivity index (χ3v) is 4.24. The second kappa shape index (κ2) is 6.54. The lowest BCUT2D eigenvalue weighted by molar-refractivity contribution is -0.120. The number of alkyl halides is 2. The fourth-order valence-electron chi connectivity index (χ4n) is 2.89. The maximum Gasteiger partial charge on any atom is 0.387 e. The Morgan fingerprint density at radius 2 is 2.04 bits per heavy atom. The van der Waals surface area contributed by atoms with E-state index in [2.05, 4.69) is 25.5 Å². The van der Waals surface area contributed by atoms with Gasteiger partial charge < -0.3 is 10.1 Å². The Balaban J connectivity index is 1.72. The van der Waals surface area contributed by atoms with Gasteiger partial charge in [-0.25, -0.2) is 0 Å². The van der Waals surface area contributed by atoms with Gasteiger partial charge in [0, 0.05) is 18.0 Å². The average Bonchev–Trinajstić information content (AvgIpc) is 2.99. The molecular weight excluding hydrogens is 318 g/mol. The third-order valence-electron chi connectivity index (χ3n) is 4.24. The van der Waals surface area contributed by atoms with Crippen LogP contribution in [0.1, 0.15) is 28.9 Å². The molecule has 128 valence electrons. The Bertz CT molecular complexity index is 761. The molecule has 6 nitrogen and oxygen atoms in total. The molecule has 0 unspecified atom stereocenters. The van der Waals surface area contributed by atoms with E-state index in [-0.39, 0.29) is 17.6 Å². The molecule has 8 heteroatoms. The summed E-state index contributed by atoms with van der Waals surface area (Å²) in [5.74, 6) is -0.168. The number of carbonyl (C=O) groups is 1. The highest BCUT2D eigenvalue weighted by Crippen LogP contribution is 2.29. The predicted octanol–water partition coefficient (Wildman–Crippen LogP) is 2.77. The van der Waals surface area contributed by atoms with Crippen molar-refractivity contribution < 1.29 is 18.3 Å². The lowest BCUT2D eigenvalue weighted by atomic mass is 9.89. The van der Waals surface area contributed by atoms with E-state index in [0.29, 0.717) is 36.1 Å². The van der Waals surface area contributed by atoms with Gasteiger partial charge in [0.2, 0.25) is 5.91 Å². The van der Waals surface area contributed by atoms with Crippen LogP contribution in [0, 0.1) is 19.8 Å². The summed E-state index contributed by atoms with van der Waals surface area (Å²) in [6.45, 7) is 0.529. The molecule has 1 heterocycles. The van der Waals surface area contributed by atoms with Gasteiger partial charge in [-0.1, -0.05) is 0 Å². The number of anilines is 1. The summed E-state index contributed by atoms with van der Waals surface area (Å²) in [6, 6.07) is 3.16. The molecule has 3 rings (SSSR count). The monoisotopic (exact) mass is 336 g/mol. The number of aryl methyl sites for hydroxylation is 3. The highest BCUT2D eigenvalue weighted by molar-refractivity contribution is 5.93. The number of ether oxygens (including phenoxy) is 1. The first-order valence-corrected chi connectivity index (χ1v) is 7.69. The quantitative estimate of drug-likeness (QED) is 0.900. The molecule has 1 aliphatic rings. The van der Waals surface area contributed by atoms with Gasteiger partial charge in [0.1, 0.15) is 5.75 Å². The number of H-pyrrole nitrogens is 1. The van der Waals surface area contributed by atoms with Crippen molar-refractivity contribution in [3.05, 3.63) is 34.6 Å². The lowest BCUT2D eigenvalue weighted by Crippen LogP contribution is -2.28. The summed E-state index contributed by atoms with van der Waals surface area (Å²) >= 11 is 0. The normalized spacial score (nSPS) is 16.8. The summed E-state index contributed by atoms with van der Waals surface area (Å²) in [4.78, 5) is 12.5. The number of amides is 1. The van der Waals surface area contributed by atoms with Gasteiger partial charge in [0.05, 0.1) is 11.4 Å². The van der Waals surface area contributed by atoms with Crippen LogP contribution in [0.4, 0.5) is 14.5 Å². The number of benzene rings is 1. The first kappa shape index (κ1) is 16.4. The number of carbonyl (C=O) groups excluding carboxylic acids is 1. The van der Waals surface area contributed by atoms with Crippen LogP contribution in [0.25, 0.3) is 0 Å². The molecule has 1 aliphatic carbocycles. The molecule has 0 aliphatic heterocycles. The first-order chi connectivity index (χ1) is 11.4. The SMILES string of the molecule is Cc1cc(OC(F)F)c(C)cc1NC(=O)[C@H]1CCc2n[nH]nc2C1. The molecule has 0 bridgehead atoms. The topological polar surface area (TPSA) is 79.9 Å². The van der Waals surface area contributed by atoms with Crippen molar-refractivity contribution in [2.75, 3.05) is 5.32 Å². The molecule has 0 radical (unpaired) electrons. The smallest absolute Gasteiger partial charge is 0.387 e. The fourth-order valence-corrected chi connectivity index (χ4v) is 2.89. The van der Waals surface area contributed by atoms with Gasteiger partial charge in [-0.15, -0.1) is 0 Å². The van der Waals surface area contributed by atoms with Crippen molar-refractivity contribution in [2.24, 2.45) is 5.92 Å². The molecule has 1 aromatic carbocycles. The maximum absolute atomic E-state index is 12.5. The molecule has 1 amide bonds. The van der Waals surface area contributed by atoms with Crippen LogP contribution >= 0.6 is 0 Å². The maximum atomic E-state index is 12.5. The van der Waals surface area contributed by atoms with Crippen LogP contribution < -0.4 is 10.1 Å². The molecule has 2 N–H and O–H groups in total. The van der Waals surface area contributed by atoms with Crippen molar-refractivity contribution >= 4 is 11.6 Å². The Labute approximate surface area is 137 Å². The van der Waals surface area contributed by atoms with E-state index < -0.39 is 6.61 Å². The van der Waals surface area contributed by atoms with Crippen molar-refractivity contribution in [1.82, 2.24) is 15.4 Å². The molecule has 2 aromatic rings. The molecule has 0 fully saturated rings. The van der Waals surface area contributed by atoms with Gasteiger partial charge in [-0.3, -0.25) is 4.79 Å². The van der Waals surface area contributed by atoms with Gasteiger partial charge in [-0.2, -0.15) is 24.2 Å². The minimum absolute atomic E-state index is 0.103. The minimum atomic E-state index is -2.87. The summed E-state index contributed by atoms with van der Waals surface area (Å²) in [6.07, 6.45) is 1.96. The first-order valence-electron chi connectivity index (χ1n) is 7.69. The number of halogens is 2. The number of nitrogens with zero attached hydrogens (tertiary/aromatic N) is 2. The zero-order valence-corrected chi connectivity index (χ0v) is 13.4. The Kier molecular flexibility index (Phi) is 4.46. The van der Waals surface area contributed by atoms with Crippen LogP contribution in [0.5, 0.6) is 5.75 Å². The van der Waals surface area contributed by atoms with E-state index in [1.54, 1.807) is 19.9 Å². The number of rotatable bonds is 4. The zero-order chi connectivity index (χ0) is 17.3. The van der Waals surface area contributed by atoms with E-state index in [1.807, 2.05) is 0 Å². The molecular formula is C16H18F2N4O2. The number of fused-ring (bicyclic) bond motifs is 1. The summed E-state index contributed by atoms with van der Waals surface area (Å²) in [7, 11) is 0. The average molecular weight is 336 g/mol. The van der Waals surface area contributed by atoms with Crippen molar-refractivity contribution in [3.8, 4) is 5.75 Å². The standard InChI is InChI=1S/C16H18F2N4O2/c1-8-6-14(24-16(17)18)9(2)5-12(8)19-15(23)10-3-4-11-13(7-10)21-22-20-11/h5-6,10,16H,3-4,7H2,1-2H3,(H,19,23)(H,20,21,22)/t10-/m0/s1. The largest absolute Gasteiger partial charge is 0.435 e. The minimum Gasteiger partial charge on any atom is -0.435 e. The van der Waals surface area contributed by atoms with Gasteiger partial charge >= 0.3 is 6.61 Å². The summed E-state index contributed by atoms with van der Waals surface area (Å²) in [5.41, 5.74) is 3.56. The number of hydrogen-bond acceptors (Lipinski definition) is 4. The van der Waals surface area contributed by atoms with Crippen molar-refractivity contribution in [3.63, 3.8) is 0 Å². The number of hydrogen-bond donors (Lipinski definition) is 2. The van der Waals surface area contributed by atoms with Crippen LogP contribution in [0.15, 0.2) is 12.1 Å².